The van der Waals surface area contributed by atoms with E-state index in [0.717, 1.165) is 4.90 Å². The number of alkyl halides is 1. The maximum atomic E-state index is 9.23. The van der Waals surface area contributed by atoms with Crippen LogP contribution in [0.5, 0.6) is 0 Å². The van der Waals surface area contributed by atoms with E-state index in [2.05, 4.69) is 0 Å². The van der Waals surface area contributed by atoms with E-state index in [1.807, 2.05) is 6.07 Å². The molecule has 1 aromatic carbocycles. The van der Waals surface area contributed by atoms with Crippen molar-refractivity contribution in [2.45, 2.75) is 11.0 Å². The summed E-state index contributed by atoms with van der Waals surface area (Å²) >= 11 is 18.6. The third kappa shape index (κ3) is 3.87. The number of rotatable bonds is 4. The molecule has 0 aromatic heterocycles. The molecule has 1 unspecified atom stereocenters. The van der Waals surface area contributed by atoms with Crippen LogP contribution in [0.25, 0.3) is 0 Å². The summed E-state index contributed by atoms with van der Waals surface area (Å²) < 4.78 is 0. The Labute approximate surface area is 102 Å². The van der Waals surface area contributed by atoms with Crippen LogP contribution in [-0.4, -0.2) is 22.8 Å². The Bertz CT molecular complexity index is 306. The molecule has 0 spiro atoms. The monoisotopic (exact) mass is 270 g/mol. The lowest BCUT2D eigenvalue weighted by molar-refractivity contribution is 0.223. The predicted octanol–water partition coefficient (Wildman–Crippen LogP) is 3.69. The van der Waals surface area contributed by atoms with Gasteiger partial charge in [0, 0.05) is 16.5 Å². The molecule has 0 amide bonds. The minimum Gasteiger partial charge on any atom is -0.391 e. The Morgan fingerprint density at radius 3 is 2.57 bits per heavy atom. The fourth-order valence-electron chi connectivity index (χ4n) is 0.804. The highest BCUT2D eigenvalue weighted by atomic mass is 35.5. The van der Waals surface area contributed by atoms with Crippen molar-refractivity contribution in [3.63, 3.8) is 0 Å². The molecular weight excluding hydrogens is 263 g/mol. The summed E-state index contributed by atoms with van der Waals surface area (Å²) in [5.41, 5.74) is 0. The lowest BCUT2D eigenvalue weighted by atomic mass is 10.4. The number of aliphatic hydroxyl groups is 1. The number of benzene rings is 1. The summed E-state index contributed by atoms with van der Waals surface area (Å²) in [5.74, 6) is 0.801. The van der Waals surface area contributed by atoms with Crippen molar-refractivity contribution in [2.24, 2.45) is 0 Å². The summed E-state index contributed by atoms with van der Waals surface area (Å²) in [6, 6.07) is 5.37. The normalized spacial score (nSPS) is 12.9. The molecular formula is C9H9Cl3OS. The maximum absolute atomic E-state index is 9.23. The van der Waals surface area contributed by atoms with E-state index in [-0.39, 0.29) is 5.88 Å². The second-order valence-corrected chi connectivity index (χ2v) is 4.91. The molecule has 14 heavy (non-hydrogen) atoms. The predicted molar refractivity (Wildman–Crippen MR) is 63.9 cm³/mol. The van der Waals surface area contributed by atoms with Gasteiger partial charge in [-0.2, -0.15) is 0 Å². The molecule has 1 aromatic rings. The van der Waals surface area contributed by atoms with Crippen LogP contribution >= 0.6 is 46.6 Å². The van der Waals surface area contributed by atoms with Gasteiger partial charge in [0.25, 0.3) is 0 Å². The SMILES string of the molecule is OC(CCl)CSc1ccc(Cl)c(Cl)c1. The van der Waals surface area contributed by atoms with Crippen molar-refractivity contribution in [2.75, 3.05) is 11.6 Å². The molecule has 0 fully saturated rings. The van der Waals surface area contributed by atoms with E-state index in [4.69, 9.17) is 34.8 Å². The molecule has 0 bridgehead atoms. The zero-order chi connectivity index (χ0) is 10.6. The highest BCUT2D eigenvalue weighted by Crippen LogP contribution is 2.28. The van der Waals surface area contributed by atoms with Crippen LogP contribution in [0.2, 0.25) is 10.0 Å². The molecule has 0 saturated carbocycles. The van der Waals surface area contributed by atoms with Crippen molar-refractivity contribution in [1.29, 1.82) is 0 Å². The maximum Gasteiger partial charge on any atom is 0.0769 e. The van der Waals surface area contributed by atoms with Gasteiger partial charge in [-0.1, -0.05) is 23.2 Å². The average Bonchev–Trinajstić information content (AvgIpc) is 2.19. The largest absolute Gasteiger partial charge is 0.391 e. The number of aliphatic hydroxyl groups excluding tert-OH is 1. The number of hydrogen-bond acceptors (Lipinski definition) is 2. The van der Waals surface area contributed by atoms with Gasteiger partial charge in [0.05, 0.1) is 16.1 Å². The third-order valence-corrected chi connectivity index (χ3v) is 3.75. The first-order valence-corrected chi connectivity index (χ1v) is 6.23. The Kier molecular flexibility index (Phi) is 5.42. The Morgan fingerprint density at radius 1 is 1.29 bits per heavy atom. The summed E-state index contributed by atoms with van der Waals surface area (Å²) in [5, 5.41) is 10.3. The number of thioether (sulfide) groups is 1. The van der Waals surface area contributed by atoms with Crippen LogP contribution in [0.1, 0.15) is 0 Å². The minimum absolute atomic E-state index is 0.244. The average molecular weight is 272 g/mol. The molecule has 5 heteroatoms. The van der Waals surface area contributed by atoms with Crippen molar-refractivity contribution in [3.8, 4) is 0 Å². The van der Waals surface area contributed by atoms with Crippen molar-refractivity contribution >= 4 is 46.6 Å². The molecule has 0 aliphatic heterocycles. The van der Waals surface area contributed by atoms with Gasteiger partial charge in [-0.25, -0.2) is 0 Å². The molecule has 0 saturated heterocycles. The third-order valence-electron chi connectivity index (χ3n) is 1.51. The van der Waals surface area contributed by atoms with Gasteiger partial charge in [0.1, 0.15) is 0 Å². The molecule has 0 aliphatic carbocycles. The van der Waals surface area contributed by atoms with Gasteiger partial charge < -0.3 is 5.11 Å². The fraction of sp³-hybridized carbons (Fsp3) is 0.333. The second kappa shape index (κ2) is 6.09. The van der Waals surface area contributed by atoms with Crippen LogP contribution in [0.3, 0.4) is 0 Å². The smallest absolute Gasteiger partial charge is 0.0769 e. The molecule has 0 aliphatic rings. The first-order valence-electron chi connectivity index (χ1n) is 3.95. The van der Waals surface area contributed by atoms with Gasteiger partial charge in [0.15, 0.2) is 0 Å². The molecule has 0 radical (unpaired) electrons. The molecule has 1 nitrogen and oxygen atoms in total. The second-order valence-electron chi connectivity index (χ2n) is 2.70. The van der Waals surface area contributed by atoms with Crippen LogP contribution in [0, 0.1) is 0 Å². The summed E-state index contributed by atoms with van der Waals surface area (Å²) in [7, 11) is 0. The lowest BCUT2D eigenvalue weighted by Crippen LogP contribution is -2.10. The van der Waals surface area contributed by atoms with Crippen molar-refractivity contribution in [1.82, 2.24) is 0 Å². The van der Waals surface area contributed by atoms with Crippen LogP contribution in [0.15, 0.2) is 23.1 Å². The quantitative estimate of drug-likeness (QED) is 0.666. The standard InChI is InChI=1S/C9H9Cl3OS/c10-4-6(13)5-14-7-1-2-8(11)9(12)3-7/h1-3,6,13H,4-5H2. The van der Waals surface area contributed by atoms with E-state index >= 15 is 0 Å². The Morgan fingerprint density at radius 2 is 2.00 bits per heavy atom. The van der Waals surface area contributed by atoms with Gasteiger partial charge in [-0.3, -0.25) is 0 Å². The first-order chi connectivity index (χ1) is 6.63. The Balaban J connectivity index is 2.55. The zero-order valence-corrected chi connectivity index (χ0v) is 10.3. The lowest BCUT2D eigenvalue weighted by Gasteiger charge is -2.06. The highest BCUT2D eigenvalue weighted by molar-refractivity contribution is 7.99. The van der Waals surface area contributed by atoms with Crippen molar-refractivity contribution in [3.05, 3.63) is 28.2 Å². The minimum atomic E-state index is -0.490. The molecule has 78 valence electrons. The van der Waals surface area contributed by atoms with Gasteiger partial charge in [-0.05, 0) is 18.2 Å². The van der Waals surface area contributed by atoms with Gasteiger partial charge in [-0.15, -0.1) is 23.4 Å². The van der Waals surface area contributed by atoms with Gasteiger partial charge in [0.2, 0.25) is 0 Å². The molecule has 0 heterocycles. The van der Waals surface area contributed by atoms with E-state index in [1.54, 1.807) is 12.1 Å². The van der Waals surface area contributed by atoms with E-state index in [9.17, 15) is 5.11 Å². The van der Waals surface area contributed by atoms with Crippen LogP contribution < -0.4 is 0 Å². The number of halogens is 3. The Hall–Kier alpha value is 0.400. The molecule has 1 N–H and O–H groups in total. The van der Waals surface area contributed by atoms with Crippen molar-refractivity contribution < 1.29 is 5.11 Å². The van der Waals surface area contributed by atoms with Crippen LogP contribution in [0.4, 0.5) is 0 Å². The van der Waals surface area contributed by atoms with E-state index in [1.165, 1.54) is 11.8 Å². The highest BCUT2D eigenvalue weighted by Gasteiger charge is 2.04. The fourth-order valence-corrected chi connectivity index (χ4v) is 2.27. The molecule has 1 rings (SSSR count). The summed E-state index contributed by atoms with van der Waals surface area (Å²) in [6.07, 6.45) is -0.490. The summed E-state index contributed by atoms with van der Waals surface area (Å²) in [4.78, 5) is 0.976. The van der Waals surface area contributed by atoms with Crippen LogP contribution in [-0.2, 0) is 0 Å². The number of hydrogen-bond donors (Lipinski definition) is 1. The van der Waals surface area contributed by atoms with E-state index in [0.29, 0.717) is 15.8 Å². The summed E-state index contributed by atoms with van der Waals surface area (Å²) in [6.45, 7) is 0. The first kappa shape index (κ1) is 12.5. The topological polar surface area (TPSA) is 20.2 Å². The van der Waals surface area contributed by atoms with Gasteiger partial charge >= 0.3 is 0 Å². The zero-order valence-electron chi connectivity index (χ0n) is 7.21. The molecule has 1 atom stereocenters. The van der Waals surface area contributed by atoms with E-state index < -0.39 is 6.10 Å².